The lowest BCUT2D eigenvalue weighted by Gasteiger charge is -2.39. The number of hydrogen-bond donors (Lipinski definition) is 0. The molecule has 2 rings (SSSR count). The smallest absolute Gasteiger partial charge is 0.155 e. The van der Waals surface area contributed by atoms with Crippen LogP contribution >= 0.6 is 0 Å². The molecule has 2 aliphatic rings. The van der Waals surface area contributed by atoms with Gasteiger partial charge >= 0.3 is 0 Å². The molecule has 3 nitrogen and oxygen atoms in total. The minimum Gasteiger partial charge on any atom is -0.360 e. The van der Waals surface area contributed by atoms with Crippen molar-refractivity contribution in [1.82, 2.24) is 0 Å². The number of nitrogens with zero attached hydrogens (tertiary/aromatic N) is 1. The third-order valence-electron chi connectivity index (χ3n) is 4.29. The van der Waals surface area contributed by atoms with Crippen LogP contribution in [-0.2, 0) is 4.84 Å². The molecule has 0 saturated heterocycles. The molecule has 0 heterocycles. The molecule has 0 aromatic heterocycles. The molecule has 2 aliphatic carbocycles. The van der Waals surface area contributed by atoms with Crippen molar-refractivity contribution in [3.05, 3.63) is 4.91 Å². The van der Waals surface area contributed by atoms with E-state index in [1.54, 1.807) is 0 Å². The Hall–Kier alpha value is -0.600. The summed E-state index contributed by atoms with van der Waals surface area (Å²) in [5, 5.41) is 2.63. The Morgan fingerprint density at radius 1 is 1.38 bits per heavy atom. The highest BCUT2D eigenvalue weighted by Crippen LogP contribution is 2.63. The summed E-state index contributed by atoms with van der Waals surface area (Å²) in [6, 6.07) is 0. The minimum atomic E-state index is 0.0243. The van der Waals surface area contributed by atoms with E-state index in [9.17, 15) is 4.91 Å². The topological polar surface area (TPSA) is 38.7 Å². The van der Waals surface area contributed by atoms with Gasteiger partial charge in [0.05, 0.1) is 0 Å². The SMILES string of the molecule is CC12CCC(C1)C(C)(C)C2ON=O. The van der Waals surface area contributed by atoms with Gasteiger partial charge in [0.15, 0.2) is 5.34 Å². The lowest BCUT2D eigenvalue weighted by atomic mass is 9.70. The van der Waals surface area contributed by atoms with Crippen molar-refractivity contribution in [3.63, 3.8) is 0 Å². The van der Waals surface area contributed by atoms with Crippen molar-refractivity contribution >= 4 is 0 Å². The predicted molar refractivity (Wildman–Crippen MR) is 49.9 cm³/mol. The largest absolute Gasteiger partial charge is 0.360 e. The van der Waals surface area contributed by atoms with Crippen LogP contribution in [0, 0.1) is 21.7 Å². The van der Waals surface area contributed by atoms with Gasteiger partial charge in [0.2, 0.25) is 0 Å². The van der Waals surface area contributed by atoms with E-state index in [1.165, 1.54) is 19.3 Å². The maximum atomic E-state index is 10.2. The highest BCUT2D eigenvalue weighted by atomic mass is 16.7. The molecular weight excluding hydrogens is 166 g/mol. The van der Waals surface area contributed by atoms with Gasteiger partial charge in [0, 0.05) is 10.8 Å². The molecule has 0 aromatic rings. The van der Waals surface area contributed by atoms with E-state index in [2.05, 4.69) is 26.1 Å². The van der Waals surface area contributed by atoms with E-state index in [0.29, 0.717) is 5.92 Å². The summed E-state index contributed by atoms with van der Waals surface area (Å²) in [6.07, 6.45) is 3.68. The van der Waals surface area contributed by atoms with Crippen LogP contribution < -0.4 is 0 Å². The van der Waals surface area contributed by atoms with Gasteiger partial charge in [-0.1, -0.05) is 20.8 Å². The van der Waals surface area contributed by atoms with Crippen LogP contribution in [0.2, 0.25) is 0 Å². The Balaban J connectivity index is 2.28. The van der Waals surface area contributed by atoms with Gasteiger partial charge < -0.3 is 4.84 Å². The van der Waals surface area contributed by atoms with Gasteiger partial charge in [-0.3, -0.25) is 0 Å². The molecule has 3 unspecified atom stereocenters. The monoisotopic (exact) mass is 183 g/mol. The van der Waals surface area contributed by atoms with E-state index in [1.807, 2.05) is 0 Å². The first-order valence-corrected chi connectivity index (χ1v) is 4.99. The number of rotatable bonds is 2. The Morgan fingerprint density at radius 2 is 2.08 bits per heavy atom. The Labute approximate surface area is 78.8 Å². The van der Waals surface area contributed by atoms with Crippen molar-refractivity contribution in [2.45, 2.75) is 46.1 Å². The Kier molecular flexibility index (Phi) is 1.70. The fourth-order valence-corrected chi connectivity index (χ4v) is 3.56. The standard InChI is InChI=1S/C10H17NO2/c1-9(2)7-4-5-10(3,6-7)8(9)13-11-12/h7-8H,4-6H2,1-3H3. The highest BCUT2D eigenvalue weighted by Gasteiger charge is 2.61. The molecule has 0 amide bonds. The third kappa shape index (κ3) is 1.02. The molecule has 0 aliphatic heterocycles. The second-order valence-electron chi connectivity index (χ2n) is 5.48. The van der Waals surface area contributed by atoms with Crippen LogP contribution in [0.4, 0.5) is 0 Å². The van der Waals surface area contributed by atoms with Crippen LogP contribution in [-0.4, -0.2) is 6.10 Å². The summed E-state index contributed by atoms with van der Waals surface area (Å²) in [7, 11) is 0. The fourth-order valence-electron chi connectivity index (χ4n) is 3.56. The van der Waals surface area contributed by atoms with Gasteiger partial charge in [-0.05, 0) is 25.2 Å². The lowest BCUT2D eigenvalue weighted by molar-refractivity contribution is -0.0892. The molecule has 13 heavy (non-hydrogen) atoms. The quantitative estimate of drug-likeness (QED) is 0.487. The van der Waals surface area contributed by atoms with Gasteiger partial charge in [0.25, 0.3) is 0 Å². The zero-order valence-corrected chi connectivity index (χ0v) is 8.54. The van der Waals surface area contributed by atoms with Gasteiger partial charge in [-0.15, -0.1) is 4.91 Å². The molecule has 0 aromatic carbocycles. The van der Waals surface area contributed by atoms with Crippen molar-refractivity contribution in [3.8, 4) is 0 Å². The number of hydrogen-bond acceptors (Lipinski definition) is 3. The number of fused-ring (bicyclic) bond motifs is 2. The summed E-state index contributed by atoms with van der Waals surface area (Å²) in [5.41, 5.74) is 0.322. The lowest BCUT2D eigenvalue weighted by Crippen LogP contribution is -2.41. The summed E-state index contributed by atoms with van der Waals surface area (Å²) in [6.45, 7) is 6.60. The molecule has 0 spiro atoms. The third-order valence-corrected chi connectivity index (χ3v) is 4.29. The van der Waals surface area contributed by atoms with Crippen LogP contribution in [0.15, 0.2) is 5.34 Å². The van der Waals surface area contributed by atoms with E-state index < -0.39 is 0 Å². The van der Waals surface area contributed by atoms with Gasteiger partial charge in [-0.25, -0.2) is 0 Å². The van der Waals surface area contributed by atoms with Crippen molar-refractivity contribution < 1.29 is 4.84 Å². The predicted octanol–water partition coefficient (Wildman–Crippen LogP) is 2.90. The zero-order chi connectivity index (χ0) is 9.69. The highest BCUT2D eigenvalue weighted by molar-refractivity contribution is 5.09. The van der Waals surface area contributed by atoms with E-state index in [4.69, 9.17) is 4.84 Å². The van der Waals surface area contributed by atoms with Crippen LogP contribution in [0.1, 0.15) is 40.0 Å². The van der Waals surface area contributed by atoms with Crippen molar-refractivity contribution in [2.75, 3.05) is 0 Å². The molecule has 3 atom stereocenters. The normalized spacial score (nSPS) is 46.4. The van der Waals surface area contributed by atoms with Gasteiger partial charge in [0.1, 0.15) is 6.10 Å². The van der Waals surface area contributed by atoms with E-state index >= 15 is 0 Å². The second-order valence-corrected chi connectivity index (χ2v) is 5.48. The summed E-state index contributed by atoms with van der Waals surface area (Å²) >= 11 is 0. The maximum Gasteiger partial charge on any atom is 0.155 e. The van der Waals surface area contributed by atoms with E-state index in [0.717, 1.165) is 0 Å². The molecule has 0 radical (unpaired) electrons. The van der Waals surface area contributed by atoms with E-state index in [-0.39, 0.29) is 16.9 Å². The van der Waals surface area contributed by atoms with Crippen LogP contribution in [0.3, 0.4) is 0 Å². The Bertz CT molecular complexity index is 234. The average Bonchev–Trinajstić information content (AvgIpc) is 2.50. The van der Waals surface area contributed by atoms with Crippen LogP contribution in [0.5, 0.6) is 0 Å². The molecule has 2 saturated carbocycles. The average molecular weight is 183 g/mol. The first-order valence-electron chi connectivity index (χ1n) is 4.99. The first-order chi connectivity index (χ1) is 6.00. The molecule has 2 bridgehead atoms. The summed E-state index contributed by atoms with van der Waals surface area (Å²) < 4.78 is 0. The molecule has 2 fully saturated rings. The molecule has 0 N–H and O–H groups in total. The summed E-state index contributed by atoms with van der Waals surface area (Å²) in [4.78, 5) is 15.2. The second kappa shape index (κ2) is 2.46. The summed E-state index contributed by atoms with van der Waals surface area (Å²) in [5.74, 6) is 0.712. The zero-order valence-electron chi connectivity index (χ0n) is 8.54. The molecular formula is C10H17NO2. The molecule has 74 valence electrons. The first kappa shape index (κ1) is 8.97. The van der Waals surface area contributed by atoms with Crippen molar-refractivity contribution in [2.24, 2.45) is 22.1 Å². The van der Waals surface area contributed by atoms with Crippen LogP contribution in [0.25, 0.3) is 0 Å². The van der Waals surface area contributed by atoms with Gasteiger partial charge in [-0.2, -0.15) is 0 Å². The minimum absolute atomic E-state index is 0.0243. The maximum absolute atomic E-state index is 10.2. The Morgan fingerprint density at radius 3 is 2.54 bits per heavy atom. The fraction of sp³-hybridized carbons (Fsp3) is 1.00. The molecule has 3 heteroatoms. The van der Waals surface area contributed by atoms with Crippen molar-refractivity contribution in [1.29, 1.82) is 0 Å².